The van der Waals surface area contributed by atoms with Gasteiger partial charge < -0.3 is 4.74 Å². The van der Waals surface area contributed by atoms with E-state index in [0.29, 0.717) is 0 Å². The van der Waals surface area contributed by atoms with Gasteiger partial charge >= 0.3 is 0 Å². The molecule has 0 bridgehead atoms. The molecule has 1 unspecified atom stereocenters. The van der Waals surface area contributed by atoms with E-state index in [2.05, 4.69) is 5.10 Å². The van der Waals surface area contributed by atoms with Gasteiger partial charge in [-0.25, -0.2) is 13.6 Å². The van der Waals surface area contributed by atoms with Gasteiger partial charge in [-0.15, -0.1) is 0 Å². The molecule has 3 rings (SSSR count). The van der Waals surface area contributed by atoms with E-state index >= 15 is 0 Å². The quantitative estimate of drug-likeness (QED) is 0.898. The zero-order valence-corrected chi connectivity index (χ0v) is 12.3. The van der Waals surface area contributed by atoms with Gasteiger partial charge in [-0.3, -0.25) is 4.68 Å². The molecule has 1 atom stereocenters. The van der Waals surface area contributed by atoms with E-state index in [1.807, 2.05) is 0 Å². The van der Waals surface area contributed by atoms with Crippen LogP contribution in [0.5, 0.6) is 0 Å². The maximum absolute atomic E-state index is 11.3. The number of sulfonamides is 1. The minimum Gasteiger partial charge on any atom is -0.375 e. The highest BCUT2D eigenvalue weighted by atomic mass is 32.2. The smallest absolute Gasteiger partial charge is 0.241 e. The van der Waals surface area contributed by atoms with Crippen molar-refractivity contribution >= 4 is 10.0 Å². The van der Waals surface area contributed by atoms with E-state index in [4.69, 9.17) is 9.88 Å². The Labute approximate surface area is 119 Å². The Kier molecular flexibility index (Phi) is 3.60. The maximum atomic E-state index is 11.3. The fraction of sp³-hybridized carbons (Fsp3) is 0.769. The van der Waals surface area contributed by atoms with Gasteiger partial charge in [-0.2, -0.15) is 5.10 Å². The molecule has 2 fully saturated rings. The summed E-state index contributed by atoms with van der Waals surface area (Å²) in [5, 5.41) is 9.32. The van der Waals surface area contributed by atoms with Crippen LogP contribution < -0.4 is 5.14 Å². The summed E-state index contributed by atoms with van der Waals surface area (Å²) in [5.41, 5.74) is -0.0190. The van der Waals surface area contributed by atoms with Gasteiger partial charge in [0.2, 0.25) is 10.0 Å². The van der Waals surface area contributed by atoms with Crippen LogP contribution in [0.25, 0.3) is 0 Å². The minimum absolute atomic E-state index is 0.0190. The Hall–Kier alpha value is -0.920. The van der Waals surface area contributed by atoms with Gasteiger partial charge in [-0.05, 0) is 25.7 Å². The lowest BCUT2D eigenvalue weighted by Gasteiger charge is -2.43. The Balaban J connectivity index is 1.78. The third-order valence-corrected chi connectivity index (χ3v) is 5.38. The van der Waals surface area contributed by atoms with Crippen molar-refractivity contribution in [1.29, 1.82) is 0 Å². The predicted octanol–water partition coefficient (Wildman–Crippen LogP) is 1.58. The third-order valence-electron chi connectivity index (χ3n) is 4.51. The monoisotopic (exact) mass is 299 g/mol. The second-order valence-electron chi connectivity index (χ2n) is 5.94. The summed E-state index contributed by atoms with van der Waals surface area (Å²) in [7, 11) is -3.67. The summed E-state index contributed by atoms with van der Waals surface area (Å²) in [6.07, 6.45) is 10.6. The largest absolute Gasteiger partial charge is 0.375 e. The molecule has 6 nitrogen and oxygen atoms in total. The van der Waals surface area contributed by atoms with Gasteiger partial charge in [0.1, 0.15) is 4.90 Å². The molecule has 2 heterocycles. The highest BCUT2D eigenvalue weighted by Crippen LogP contribution is 2.42. The highest BCUT2D eigenvalue weighted by Gasteiger charge is 2.39. The molecule has 0 radical (unpaired) electrons. The summed E-state index contributed by atoms with van der Waals surface area (Å²) in [5.74, 6) is 0. The van der Waals surface area contributed by atoms with Gasteiger partial charge in [-0.1, -0.05) is 19.3 Å². The molecular weight excluding hydrogens is 278 g/mol. The average Bonchev–Trinajstić information content (AvgIpc) is 2.89. The summed E-state index contributed by atoms with van der Waals surface area (Å²) in [6.45, 7) is 0.717. The molecule has 1 aromatic rings. The van der Waals surface area contributed by atoms with Crippen molar-refractivity contribution in [3.63, 3.8) is 0 Å². The van der Waals surface area contributed by atoms with Crippen LogP contribution >= 0.6 is 0 Å². The van der Waals surface area contributed by atoms with E-state index in [-0.39, 0.29) is 16.5 Å². The molecule has 112 valence electrons. The molecule has 1 saturated carbocycles. The molecule has 0 aromatic carbocycles. The topological polar surface area (TPSA) is 87.2 Å². The van der Waals surface area contributed by atoms with Crippen LogP contribution in [0, 0.1) is 0 Å². The van der Waals surface area contributed by atoms with Crippen LogP contribution in [0.2, 0.25) is 0 Å². The van der Waals surface area contributed by atoms with E-state index in [1.54, 1.807) is 10.9 Å². The van der Waals surface area contributed by atoms with Crippen LogP contribution in [-0.2, 0) is 14.8 Å². The standard InChI is InChI=1S/C13H21N3O3S/c14-20(17,18)12-9-15-16(10-12)11-4-7-19-13(8-11)5-2-1-3-6-13/h9-11H,1-8H2,(H2,14,17,18). The van der Waals surface area contributed by atoms with Crippen molar-refractivity contribution in [1.82, 2.24) is 9.78 Å². The number of hydrogen-bond donors (Lipinski definition) is 1. The molecule has 0 amide bonds. The highest BCUT2D eigenvalue weighted by molar-refractivity contribution is 7.89. The van der Waals surface area contributed by atoms with Crippen LogP contribution in [-0.4, -0.2) is 30.4 Å². The third kappa shape index (κ3) is 2.75. The van der Waals surface area contributed by atoms with E-state index < -0.39 is 10.0 Å². The minimum atomic E-state index is -3.67. The zero-order valence-electron chi connectivity index (χ0n) is 11.5. The van der Waals surface area contributed by atoms with Crippen LogP contribution in [0.4, 0.5) is 0 Å². The second-order valence-corrected chi connectivity index (χ2v) is 7.50. The predicted molar refractivity (Wildman–Crippen MR) is 73.6 cm³/mol. The molecule has 2 aliphatic rings. The van der Waals surface area contributed by atoms with Crippen LogP contribution in [0.15, 0.2) is 17.3 Å². The first-order valence-electron chi connectivity index (χ1n) is 7.20. The zero-order chi connectivity index (χ0) is 14.2. The fourth-order valence-corrected chi connectivity index (χ4v) is 3.89. The van der Waals surface area contributed by atoms with Gasteiger partial charge in [0.25, 0.3) is 0 Å². The lowest BCUT2D eigenvalue weighted by Crippen LogP contribution is -2.42. The molecule has 20 heavy (non-hydrogen) atoms. The summed E-state index contributed by atoms with van der Waals surface area (Å²) in [4.78, 5) is 0.0849. The Morgan fingerprint density at radius 3 is 2.75 bits per heavy atom. The summed E-state index contributed by atoms with van der Waals surface area (Å²) >= 11 is 0. The van der Waals surface area contributed by atoms with Crippen molar-refractivity contribution < 1.29 is 13.2 Å². The van der Waals surface area contributed by atoms with Crippen molar-refractivity contribution in [2.75, 3.05) is 6.61 Å². The molecule has 1 spiro atoms. The molecule has 2 N–H and O–H groups in total. The van der Waals surface area contributed by atoms with E-state index in [0.717, 1.165) is 32.3 Å². The van der Waals surface area contributed by atoms with Crippen LogP contribution in [0.3, 0.4) is 0 Å². The maximum Gasteiger partial charge on any atom is 0.241 e. The molecule has 1 saturated heterocycles. The summed E-state index contributed by atoms with van der Waals surface area (Å²) < 4.78 is 30.4. The van der Waals surface area contributed by atoms with Gasteiger partial charge in [0.15, 0.2) is 0 Å². The van der Waals surface area contributed by atoms with Crippen molar-refractivity contribution in [2.45, 2.75) is 61.5 Å². The number of primary sulfonamides is 1. The number of rotatable bonds is 2. The Bertz CT molecular complexity index is 570. The van der Waals surface area contributed by atoms with Crippen molar-refractivity contribution in [3.05, 3.63) is 12.4 Å². The lowest BCUT2D eigenvalue weighted by atomic mass is 9.78. The first kappa shape index (κ1) is 14.0. The number of nitrogens with zero attached hydrogens (tertiary/aromatic N) is 2. The molecule has 1 aliphatic carbocycles. The first-order chi connectivity index (χ1) is 9.49. The Morgan fingerprint density at radius 2 is 2.10 bits per heavy atom. The van der Waals surface area contributed by atoms with Crippen molar-refractivity contribution in [3.8, 4) is 0 Å². The van der Waals surface area contributed by atoms with Crippen molar-refractivity contribution in [2.24, 2.45) is 5.14 Å². The SMILES string of the molecule is NS(=O)(=O)c1cnn(C2CCOC3(CCCCC3)C2)c1. The number of nitrogens with two attached hydrogens (primary N) is 1. The number of hydrogen-bond acceptors (Lipinski definition) is 4. The first-order valence-corrected chi connectivity index (χ1v) is 8.74. The van der Waals surface area contributed by atoms with Crippen LogP contribution in [0.1, 0.15) is 51.0 Å². The summed E-state index contributed by atoms with van der Waals surface area (Å²) in [6, 6.07) is 0.206. The lowest BCUT2D eigenvalue weighted by molar-refractivity contribution is -0.115. The molecule has 7 heteroatoms. The van der Waals surface area contributed by atoms with E-state index in [9.17, 15) is 8.42 Å². The normalized spacial score (nSPS) is 26.8. The molecule has 1 aliphatic heterocycles. The second kappa shape index (κ2) is 5.13. The van der Waals surface area contributed by atoms with Gasteiger partial charge in [0, 0.05) is 12.8 Å². The van der Waals surface area contributed by atoms with E-state index in [1.165, 1.54) is 25.5 Å². The fourth-order valence-electron chi connectivity index (χ4n) is 3.44. The van der Waals surface area contributed by atoms with Gasteiger partial charge in [0.05, 0.1) is 17.8 Å². The average molecular weight is 299 g/mol. The molecular formula is C13H21N3O3S. The Morgan fingerprint density at radius 1 is 1.35 bits per heavy atom. The number of ether oxygens (including phenoxy) is 1. The molecule has 1 aromatic heterocycles. The number of aromatic nitrogens is 2.